The molecule has 0 unspecified atom stereocenters. The number of rotatable bonds is 2. The number of anilines is 6. The molecule has 0 N–H and O–H groups in total. The van der Waals surface area contributed by atoms with Gasteiger partial charge in [-0.05, 0) is 100.0 Å². The van der Waals surface area contributed by atoms with Crippen LogP contribution in [0.25, 0.3) is 54.6 Å². The summed E-state index contributed by atoms with van der Waals surface area (Å²) in [6.07, 6.45) is 0. The molecule has 0 radical (unpaired) electrons. The minimum absolute atomic E-state index is 0.0806. The van der Waals surface area contributed by atoms with Crippen LogP contribution in [-0.4, -0.2) is 6.71 Å². The predicted molar refractivity (Wildman–Crippen MR) is 213 cm³/mol. The summed E-state index contributed by atoms with van der Waals surface area (Å²) >= 11 is 0. The first-order valence-corrected chi connectivity index (χ1v) is 17.5. The first-order chi connectivity index (χ1) is 25.3. The molecule has 2 aromatic heterocycles. The summed E-state index contributed by atoms with van der Waals surface area (Å²) in [6, 6.07) is 59.0. The molecule has 0 amide bonds. The lowest BCUT2D eigenvalue weighted by molar-refractivity contribution is 0.668. The molecule has 0 spiro atoms. The van der Waals surface area contributed by atoms with Gasteiger partial charge in [0.1, 0.15) is 22.3 Å². The van der Waals surface area contributed by atoms with E-state index >= 15 is 0 Å². The summed E-state index contributed by atoms with van der Waals surface area (Å²) in [5.41, 5.74) is 14.5. The number of fused-ring (bicyclic) bond motifs is 12. The molecule has 0 bridgehead atoms. The first kappa shape index (κ1) is 27.1. The predicted octanol–water partition coefficient (Wildman–Crippen LogP) is 10.7. The second kappa shape index (κ2) is 9.93. The maximum Gasteiger partial charge on any atom is 0.252 e. The van der Waals surface area contributed by atoms with Gasteiger partial charge in [0.25, 0.3) is 6.71 Å². The molecule has 0 atom stereocenters. The minimum Gasteiger partial charge on any atom is -0.456 e. The lowest BCUT2D eigenvalue weighted by Gasteiger charge is -2.44. The fourth-order valence-electron chi connectivity index (χ4n) is 8.92. The zero-order valence-electron chi connectivity index (χ0n) is 27.4. The molecular weight excluding hydrogens is 623 g/mol. The van der Waals surface area contributed by atoms with Crippen molar-refractivity contribution in [3.05, 3.63) is 164 Å². The van der Waals surface area contributed by atoms with Crippen LogP contribution in [0.1, 0.15) is 0 Å². The van der Waals surface area contributed by atoms with Crippen LogP contribution in [-0.2, 0) is 0 Å². The third-order valence-corrected chi connectivity index (χ3v) is 11.0. The second-order valence-electron chi connectivity index (χ2n) is 13.7. The largest absolute Gasteiger partial charge is 0.456 e. The zero-order valence-corrected chi connectivity index (χ0v) is 27.4. The molecule has 2 aliphatic heterocycles. The van der Waals surface area contributed by atoms with E-state index in [1.807, 2.05) is 12.1 Å². The van der Waals surface area contributed by atoms with Crippen LogP contribution in [0.5, 0.6) is 0 Å². The molecular formula is C46H27BN2O2. The Balaban J connectivity index is 1.12. The summed E-state index contributed by atoms with van der Waals surface area (Å²) in [7, 11) is 0. The molecule has 4 nitrogen and oxygen atoms in total. The lowest BCUT2D eigenvalue weighted by atomic mass is 9.33. The van der Waals surface area contributed by atoms with E-state index in [1.54, 1.807) is 0 Å². The van der Waals surface area contributed by atoms with Crippen molar-refractivity contribution in [1.29, 1.82) is 0 Å². The van der Waals surface area contributed by atoms with Gasteiger partial charge in [0.05, 0.1) is 0 Å². The molecule has 51 heavy (non-hydrogen) atoms. The van der Waals surface area contributed by atoms with E-state index in [0.29, 0.717) is 0 Å². The first-order valence-electron chi connectivity index (χ1n) is 17.5. The van der Waals surface area contributed by atoms with Gasteiger partial charge in [-0.15, -0.1) is 0 Å². The van der Waals surface area contributed by atoms with Gasteiger partial charge >= 0.3 is 0 Å². The number of hydrogen-bond donors (Lipinski definition) is 0. The van der Waals surface area contributed by atoms with Crippen LogP contribution >= 0.6 is 0 Å². The van der Waals surface area contributed by atoms with Crippen molar-refractivity contribution in [2.75, 3.05) is 9.80 Å². The molecule has 0 saturated carbocycles. The molecule has 0 fully saturated rings. The van der Waals surface area contributed by atoms with Crippen LogP contribution in [0, 0.1) is 0 Å². The van der Waals surface area contributed by atoms with Gasteiger partial charge in [-0.2, -0.15) is 0 Å². The van der Waals surface area contributed by atoms with E-state index in [4.69, 9.17) is 8.83 Å². The average molecular weight is 651 g/mol. The molecule has 4 heterocycles. The highest BCUT2D eigenvalue weighted by molar-refractivity contribution is 7.00. The molecule has 236 valence electrons. The maximum absolute atomic E-state index is 6.43. The fourth-order valence-corrected chi connectivity index (χ4v) is 8.92. The maximum atomic E-state index is 6.43. The van der Waals surface area contributed by atoms with Crippen molar-refractivity contribution in [3.8, 4) is 0 Å². The fraction of sp³-hybridized carbons (Fsp3) is 0. The van der Waals surface area contributed by atoms with Gasteiger partial charge in [0.15, 0.2) is 0 Å². The van der Waals surface area contributed by atoms with Crippen LogP contribution in [0.4, 0.5) is 34.1 Å². The Morgan fingerprint density at radius 2 is 0.902 bits per heavy atom. The molecule has 8 aromatic carbocycles. The highest BCUT2D eigenvalue weighted by atomic mass is 16.3. The van der Waals surface area contributed by atoms with Crippen molar-refractivity contribution in [3.63, 3.8) is 0 Å². The normalized spacial score (nSPS) is 13.4. The van der Waals surface area contributed by atoms with E-state index < -0.39 is 0 Å². The number of furan rings is 2. The minimum atomic E-state index is 0.0806. The third-order valence-electron chi connectivity index (χ3n) is 11.0. The van der Waals surface area contributed by atoms with E-state index in [-0.39, 0.29) is 6.71 Å². The van der Waals surface area contributed by atoms with Gasteiger partial charge in [-0.3, -0.25) is 0 Å². The summed E-state index contributed by atoms with van der Waals surface area (Å²) < 4.78 is 12.7. The standard InChI is InChI=1S/C46H27BN2O2/c1-2-11-31-28(10-1)20-23-44-45(31)34-27-30(22-25-43(34)51-44)49-38-16-7-5-14-36(38)47-35-13-4-6-15-37(35)48(39-17-9-18-40(49)46(39)47)29-21-24-42-33(26-29)32-12-3-8-19-41(32)50-42/h1-27H. The Labute approximate surface area is 293 Å². The SMILES string of the molecule is c1ccc2c(c1)B1c3ccccc3N(c3ccc4oc5ccc6ccccc6c5c4c3)c3cccc(c31)N2c1ccc2oc3ccccc3c2c1. The molecule has 2 aliphatic rings. The van der Waals surface area contributed by atoms with Gasteiger partial charge in [0, 0.05) is 55.7 Å². The summed E-state index contributed by atoms with van der Waals surface area (Å²) in [4.78, 5) is 4.89. The Morgan fingerprint density at radius 1 is 0.373 bits per heavy atom. The van der Waals surface area contributed by atoms with Crippen molar-refractivity contribution in [2.24, 2.45) is 0 Å². The van der Waals surface area contributed by atoms with Gasteiger partial charge < -0.3 is 18.6 Å². The van der Waals surface area contributed by atoms with Crippen LogP contribution in [0.3, 0.4) is 0 Å². The molecule has 12 rings (SSSR count). The summed E-state index contributed by atoms with van der Waals surface area (Å²) in [5.74, 6) is 0. The van der Waals surface area contributed by atoms with E-state index in [0.717, 1.165) is 55.3 Å². The smallest absolute Gasteiger partial charge is 0.252 e. The Hall–Kier alpha value is -6.72. The molecule has 0 saturated heterocycles. The van der Waals surface area contributed by atoms with Crippen molar-refractivity contribution in [1.82, 2.24) is 0 Å². The quantitative estimate of drug-likeness (QED) is 0.174. The van der Waals surface area contributed by atoms with Gasteiger partial charge in [-0.1, -0.05) is 91.0 Å². The third kappa shape index (κ3) is 3.64. The summed E-state index contributed by atoms with van der Waals surface area (Å²) in [5, 5.41) is 6.94. The van der Waals surface area contributed by atoms with Crippen LogP contribution in [0.2, 0.25) is 0 Å². The highest BCUT2D eigenvalue weighted by Gasteiger charge is 2.42. The highest BCUT2D eigenvalue weighted by Crippen LogP contribution is 2.46. The summed E-state index contributed by atoms with van der Waals surface area (Å²) in [6.45, 7) is 0.0806. The number of para-hydroxylation sites is 3. The Morgan fingerprint density at radius 3 is 1.65 bits per heavy atom. The molecule has 0 aliphatic carbocycles. The number of hydrogen-bond acceptors (Lipinski definition) is 4. The Bertz CT molecular complexity index is 3080. The monoisotopic (exact) mass is 650 g/mol. The van der Waals surface area contributed by atoms with Gasteiger partial charge in [-0.25, -0.2) is 0 Å². The topological polar surface area (TPSA) is 32.8 Å². The molecule has 10 aromatic rings. The van der Waals surface area contributed by atoms with Crippen molar-refractivity contribution < 1.29 is 8.83 Å². The van der Waals surface area contributed by atoms with Gasteiger partial charge in [0.2, 0.25) is 0 Å². The van der Waals surface area contributed by atoms with E-state index in [1.165, 1.54) is 49.9 Å². The second-order valence-corrected chi connectivity index (χ2v) is 13.7. The lowest BCUT2D eigenvalue weighted by Crippen LogP contribution is -2.61. The van der Waals surface area contributed by atoms with E-state index in [9.17, 15) is 0 Å². The van der Waals surface area contributed by atoms with Crippen LogP contribution in [0.15, 0.2) is 173 Å². The van der Waals surface area contributed by atoms with E-state index in [2.05, 4.69) is 161 Å². The number of benzene rings is 8. The van der Waals surface area contributed by atoms with Crippen molar-refractivity contribution in [2.45, 2.75) is 0 Å². The van der Waals surface area contributed by atoms with Crippen LogP contribution < -0.4 is 26.2 Å². The number of nitrogens with zero attached hydrogens (tertiary/aromatic N) is 2. The van der Waals surface area contributed by atoms with Crippen molar-refractivity contribution >= 4 is 112 Å². The Kier molecular flexibility index (Phi) is 5.29. The molecule has 5 heteroatoms. The average Bonchev–Trinajstić information content (AvgIpc) is 3.76. The zero-order chi connectivity index (χ0) is 33.2.